The Balaban J connectivity index is 1.32. The quantitative estimate of drug-likeness (QED) is 0.611. The summed E-state index contributed by atoms with van der Waals surface area (Å²) < 4.78 is 28.2. The third-order valence-electron chi connectivity index (χ3n) is 6.26. The first-order valence-corrected chi connectivity index (χ1v) is 12.3. The highest BCUT2D eigenvalue weighted by Crippen LogP contribution is 2.35. The van der Waals surface area contributed by atoms with E-state index in [1.165, 1.54) is 5.56 Å². The van der Waals surface area contributed by atoms with E-state index in [1.54, 1.807) is 34.6 Å². The molecule has 2 aliphatic rings. The second-order valence-corrected chi connectivity index (χ2v) is 10.3. The number of para-hydroxylation sites is 1. The molecule has 5 rings (SSSR count). The summed E-state index contributed by atoms with van der Waals surface area (Å²) in [6, 6.07) is 22.4. The van der Waals surface area contributed by atoms with Crippen molar-refractivity contribution in [1.82, 2.24) is 4.31 Å². The lowest BCUT2D eigenvalue weighted by atomic mass is 9.91. The highest BCUT2D eigenvalue weighted by molar-refractivity contribution is 7.89. The number of carbonyl (C=O) groups is 1. The van der Waals surface area contributed by atoms with Gasteiger partial charge >= 0.3 is 0 Å². The van der Waals surface area contributed by atoms with Crippen LogP contribution in [0.2, 0.25) is 0 Å². The Labute approximate surface area is 188 Å². The van der Waals surface area contributed by atoms with E-state index in [-0.39, 0.29) is 10.8 Å². The maximum Gasteiger partial charge on any atom is 0.257 e. The van der Waals surface area contributed by atoms with E-state index >= 15 is 0 Å². The highest BCUT2D eigenvalue weighted by atomic mass is 32.2. The minimum atomic E-state index is -3.63. The first-order chi connectivity index (χ1) is 15.5. The Morgan fingerprint density at radius 2 is 1.53 bits per heavy atom. The number of nitrogens with one attached hydrogen (secondary N) is 2. The molecular formula is C25H25N3O3S. The third kappa shape index (κ3) is 4.01. The van der Waals surface area contributed by atoms with Gasteiger partial charge in [0.25, 0.3) is 5.91 Å². The lowest BCUT2D eigenvalue weighted by molar-refractivity contribution is 0.102. The van der Waals surface area contributed by atoms with E-state index < -0.39 is 10.0 Å². The smallest absolute Gasteiger partial charge is 0.257 e. The summed E-state index contributed by atoms with van der Waals surface area (Å²) in [5, 5.41) is 6.07. The summed E-state index contributed by atoms with van der Waals surface area (Å²) in [4.78, 5) is 12.8. The molecule has 0 saturated carbocycles. The molecule has 3 aromatic rings. The fraction of sp³-hybridized carbons (Fsp3) is 0.240. The van der Waals surface area contributed by atoms with E-state index in [4.69, 9.17) is 0 Å². The minimum Gasteiger partial charge on any atom is -0.353 e. The zero-order valence-electron chi connectivity index (χ0n) is 17.6. The first-order valence-electron chi connectivity index (χ1n) is 10.9. The maximum atomic E-state index is 13.3. The zero-order chi connectivity index (χ0) is 22.1. The van der Waals surface area contributed by atoms with E-state index in [9.17, 15) is 13.2 Å². The van der Waals surface area contributed by atoms with Crippen LogP contribution in [0.5, 0.6) is 0 Å². The number of sulfonamides is 1. The number of rotatable bonds is 4. The molecule has 0 atom stereocenters. The van der Waals surface area contributed by atoms with Crippen LogP contribution in [0.1, 0.15) is 28.8 Å². The van der Waals surface area contributed by atoms with Crippen molar-refractivity contribution in [3.63, 3.8) is 0 Å². The summed E-state index contributed by atoms with van der Waals surface area (Å²) in [7, 11) is -3.63. The molecule has 1 fully saturated rings. The van der Waals surface area contributed by atoms with Gasteiger partial charge in [-0.3, -0.25) is 4.79 Å². The normalized spacial score (nSPS) is 16.9. The van der Waals surface area contributed by atoms with Gasteiger partial charge in [0, 0.05) is 13.1 Å². The molecule has 2 heterocycles. The summed E-state index contributed by atoms with van der Waals surface area (Å²) >= 11 is 0. The number of piperidine rings is 1. The van der Waals surface area contributed by atoms with Gasteiger partial charge in [0.1, 0.15) is 0 Å². The first kappa shape index (κ1) is 20.7. The van der Waals surface area contributed by atoms with E-state index in [0.29, 0.717) is 41.6 Å². The predicted octanol–water partition coefficient (Wildman–Crippen LogP) is 4.64. The average molecular weight is 448 g/mol. The minimum absolute atomic E-state index is 0.200. The molecule has 0 aliphatic carbocycles. The van der Waals surface area contributed by atoms with Crippen LogP contribution < -0.4 is 10.6 Å². The van der Waals surface area contributed by atoms with Crippen LogP contribution in [0.3, 0.4) is 0 Å². The molecule has 0 bridgehead atoms. The van der Waals surface area contributed by atoms with Gasteiger partial charge in [0.2, 0.25) is 10.0 Å². The molecular weight excluding hydrogens is 422 g/mol. The molecule has 2 aliphatic heterocycles. The van der Waals surface area contributed by atoms with Crippen molar-refractivity contribution in [1.29, 1.82) is 0 Å². The molecule has 32 heavy (non-hydrogen) atoms. The van der Waals surface area contributed by atoms with Crippen LogP contribution in [0.4, 0.5) is 17.1 Å². The molecule has 2 N–H and O–H groups in total. The van der Waals surface area contributed by atoms with Gasteiger partial charge in [-0.15, -0.1) is 0 Å². The molecule has 7 heteroatoms. The Morgan fingerprint density at radius 3 is 2.31 bits per heavy atom. The van der Waals surface area contributed by atoms with E-state index in [0.717, 1.165) is 19.3 Å². The van der Waals surface area contributed by atoms with Crippen molar-refractivity contribution in [3.05, 3.63) is 83.9 Å². The number of nitrogens with zero attached hydrogens (tertiary/aromatic N) is 1. The van der Waals surface area contributed by atoms with Crippen molar-refractivity contribution >= 4 is 33.0 Å². The van der Waals surface area contributed by atoms with Gasteiger partial charge in [-0.1, -0.05) is 42.5 Å². The van der Waals surface area contributed by atoms with Gasteiger partial charge in [-0.25, -0.2) is 8.42 Å². The summed E-state index contributed by atoms with van der Waals surface area (Å²) in [5.41, 5.74) is 3.65. The van der Waals surface area contributed by atoms with Crippen LogP contribution >= 0.6 is 0 Å². The van der Waals surface area contributed by atoms with Crippen LogP contribution in [0.15, 0.2) is 77.7 Å². The van der Waals surface area contributed by atoms with Gasteiger partial charge in [-0.05, 0) is 61.1 Å². The largest absolute Gasteiger partial charge is 0.353 e. The molecule has 1 saturated heterocycles. The Morgan fingerprint density at radius 1 is 0.812 bits per heavy atom. The second-order valence-electron chi connectivity index (χ2n) is 8.37. The van der Waals surface area contributed by atoms with Gasteiger partial charge < -0.3 is 10.6 Å². The molecule has 164 valence electrons. The third-order valence-corrected chi connectivity index (χ3v) is 8.15. The van der Waals surface area contributed by atoms with E-state index in [2.05, 4.69) is 22.8 Å². The number of carbonyl (C=O) groups excluding carboxylic acids is 1. The van der Waals surface area contributed by atoms with Crippen LogP contribution in [-0.4, -0.2) is 31.7 Å². The summed E-state index contributed by atoms with van der Waals surface area (Å²) in [6.07, 6.45) is 2.66. The molecule has 0 aromatic heterocycles. The number of hydrogen-bond acceptors (Lipinski definition) is 4. The van der Waals surface area contributed by atoms with Crippen molar-refractivity contribution < 1.29 is 13.2 Å². The Hall–Kier alpha value is -3.16. The molecule has 0 unspecified atom stereocenters. The topological polar surface area (TPSA) is 78.5 Å². The highest BCUT2D eigenvalue weighted by Gasteiger charge is 2.30. The summed E-state index contributed by atoms with van der Waals surface area (Å²) in [5.74, 6) is 0.223. The predicted molar refractivity (Wildman–Crippen MR) is 126 cm³/mol. The molecule has 0 spiro atoms. The lowest BCUT2D eigenvalue weighted by Crippen LogP contribution is -2.38. The molecule has 1 amide bonds. The van der Waals surface area contributed by atoms with Crippen LogP contribution in [0, 0.1) is 5.92 Å². The van der Waals surface area contributed by atoms with Gasteiger partial charge in [0.05, 0.1) is 27.5 Å². The number of fused-ring (bicyclic) bond motifs is 2. The molecule has 0 radical (unpaired) electrons. The number of anilines is 3. The fourth-order valence-electron chi connectivity index (χ4n) is 4.47. The van der Waals surface area contributed by atoms with Crippen molar-refractivity contribution in [2.45, 2.75) is 24.2 Å². The average Bonchev–Trinajstić information content (AvgIpc) is 2.95. The van der Waals surface area contributed by atoms with Crippen LogP contribution in [-0.2, 0) is 16.4 Å². The number of benzene rings is 3. The van der Waals surface area contributed by atoms with Gasteiger partial charge in [0.15, 0.2) is 0 Å². The number of amides is 1. The molecule has 3 aromatic carbocycles. The van der Waals surface area contributed by atoms with Crippen molar-refractivity contribution in [2.24, 2.45) is 5.92 Å². The van der Waals surface area contributed by atoms with E-state index in [1.807, 2.05) is 30.3 Å². The lowest BCUT2D eigenvalue weighted by Gasteiger charge is -2.31. The number of hydrogen-bond donors (Lipinski definition) is 2. The van der Waals surface area contributed by atoms with Crippen molar-refractivity contribution in [3.8, 4) is 0 Å². The zero-order valence-corrected chi connectivity index (χ0v) is 18.4. The Bertz CT molecular complexity index is 1250. The Kier molecular flexibility index (Phi) is 5.45. The second kappa shape index (κ2) is 8.41. The van der Waals surface area contributed by atoms with Crippen LogP contribution in [0.25, 0.3) is 0 Å². The fourth-order valence-corrected chi connectivity index (χ4v) is 5.97. The van der Waals surface area contributed by atoms with Gasteiger partial charge in [-0.2, -0.15) is 4.31 Å². The van der Waals surface area contributed by atoms with Crippen molar-refractivity contribution in [2.75, 3.05) is 23.7 Å². The maximum absolute atomic E-state index is 13.3. The summed E-state index contributed by atoms with van der Waals surface area (Å²) in [6.45, 7) is 1.01. The monoisotopic (exact) mass is 447 g/mol. The standard InChI is InChI=1S/C25H25N3O3S/c29-25-21-8-4-5-9-22(21)26-23-11-10-20(17-24(23)27-25)32(30,31)28-14-12-19(13-15-28)16-18-6-2-1-3-7-18/h1-11,17,19,26H,12-16H2,(H,27,29). The molecule has 6 nitrogen and oxygen atoms in total. The SMILES string of the molecule is O=C1Nc2cc(S(=O)(=O)N3CCC(Cc4ccccc4)CC3)ccc2Nc2ccccc21.